The first-order valence-corrected chi connectivity index (χ1v) is 11.7. The summed E-state index contributed by atoms with van der Waals surface area (Å²) in [7, 11) is 0. The second kappa shape index (κ2) is 21.6. The SMILES string of the molecule is CCCCCCCCCCCCCCCCCCC(CCCC)N=O. The van der Waals surface area contributed by atoms with Crippen molar-refractivity contribution < 1.29 is 0 Å². The van der Waals surface area contributed by atoms with Gasteiger partial charge in [-0.2, -0.15) is 4.91 Å². The molecular weight excluding hydrogens is 306 g/mol. The van der Waals surface area contributed by atoms with Crippen molar-refractivity contribution in [3.8, 4) is 0 Å². The smallest absolute Gasteiger partial charge is 0.0919 e. The fraction of sp³-hybridized carbons (Fsp3) is 1.00. The van der Waals surface area contributed by atoms with Crippen molar-refractivity contribution in [1.29, 1.82) is 0 Å². The minimum absolute atomic E-state index is 0.0894. The summed E-state index contributed by atoms with van der Waals surface area (Å²) in [5.41, 5.74) is 0. The largest absolute Gasteiger partial charge is 0.151 e. The van der Waals surface area contributed by atoms with Crippen molar-refractivity contribution in [3.05, 3.63) is 4.91 Å². The third kappa shape index (κ3) is 19.8. The van der Waals surface area contributed by atoms with Crippen molar-refractivity contribution in [3.63, 3.8) is 0 Å². The van der Waals surface area contributed by atoms with Crippen LogP contribution in [-0.2, 0) is 0 Å². The Kier molecular flexibility index (Phi) is 21.3. The molecule has 0 aliphatic rings. The van der Waals surface area contributed by atoms with Crippen molar-refractivity contribution in [2.45, 2.75) is 148 Å². The standard InChI is InChI=1S/C23H47NO/c1-3-5-7-8-9-10-11-12-13-14-15-16-17-18-19-20-22-23(24-25)21-6-4-2/h23H,3-22H2,1-2H3. The number of unbranched alkanes of at least 4 members (excludes halogenated alkanes) is 16. The number of nitroso groups, excluding NO2 is 1. The molecule has 0 aromatic carbocycles. The van der Waals surface area contributed by atoms with E-state index in [2.05, 4.69) is 19.0 Å². The van der Waals surface area contributed by atoms with Crippen LogP contribution in [0.5, 0.6) is 0 Å². The number of nitrogens with zero attached hydrogens (tertiary/aromatic N) is 1. The van der Waals surface area contributed by atoms with E-state index in [1.54, 1.807) is 0 Å². The highest BCUT2D eigenvalue weighted by molar-refractivity contribution is 4.65. The van der Waals surface area contributed by atoms with Crippen LogP contribution in [0.25, 0.3) is 0 Å². The molecule has 1 atom stereocenters. The molecule has 25 heavy (non-hydrogen) atoms. The molecule has 150 valence electrons. The maximum Gasteiger partial charge on any atom is 0.0919 e. The summed E-state index contributed by atoms with van der Waals surface area (Å²) in [6, 6.07) is 0.0894. The lowest BCUT2D eigenvalue weighted by Gasteiger charge is -2.08. The highest BCUT2D eigenvalue weighted by Gasteiger charge is 2.07. The molecule has 0 heterocycles. The fourth-order valence-corrected chi connectivity index (χ4v) is 3.62. The maximum atomic E-state index is 10.8. The highest BCUT2D eigenvalue weighted by atomic mass is 16.3. The van der Waals surface area contributed by atoms with E-state index in [4.69, 9.17) is 0 Å². The van der Waals surface area contributed by atoms with Gasteiger partial charge in [0.15, 0.2) is 0 Å². The predicted molar refractivity (Wildman–Crippen MR) is 113 cm³/mol. The summed E-state index contributed by atoms with van der Waals surface area (Å²) < 4.78 is 0. The Labute approximate surface area is 158 Å². The predicted octanol–water partition coefficient (Wildman–Crippen LogP) is 8.96. The molecule has 2 nitrogen and oxygen atoms in total. The van der Waals surface area contributed by atoms with E-state index in [0.29, 0.717) is 0 Å². The van der Waals surface area contributed by atoms with Crippen LogP contribution in [0.2, 0.25) is 0 Å². The van der Waals surface area contributed by atoms with Gasteiger partial charge in [-0.05, 0) is 12.8 Å². The van der Waals surface area contributed by atoms with E-state index in [9.17, 15) is 4.91 Å². The zero-order chi connectivity index (χ0) is 18.4. The van der Waals surface area contributed by atoms with Gasteiger partial charge in [0.1, 0.15) is 0 Å². The number of hydrogen-bond donors (Lipinski definition) is 0. The Hall–Kier alpha value is -0.400. The van der Waals surface area contributed by atoms with Gasteiger partial charge < -0.3 is 0 Å². The average molecular weight is 354 g/mol. The molecule has 0 saturated heterocycles. The molecule has 0 N–H and O–H groups in total. The van der Waals surface area contributed by atoms with Crippen LogP contribution in [-0.4, -0.2) is 6.04 Å². The zero-order valence-corrected chi connectivity index (χ0v) is 17.6. The Morgan fingerprint density at radius 3 is 1.16 bits per heavy atom. The quantitative estimate of drug-likeness (QED) is 0.149. The Morgan fingerprint density at radius 2 is 0.800 bits per heavy atom. The summed E-state index contributed by atoms with van der Waals surface area (Å²) >= 11 is 0. The average Bonchev–Trinajstić information content (AvgIpc) is 2.63. The van der Waals surface area contributed by atoms with Gasteiger partial charge in [-0.1, -0.05) is 135 Å². The molecule has 0 aliphatic heterocycles. The van der Waals surface area contributed by atoms with E-state index < -0.39 is 0 Å². The maximum absolute atomic E-state index is 10.8. The van der Waals surface area contributed by atoms with Crippen LogP contribution in [0.3, 0.4) is 0 Å². The molecule has 2 heteroatoms. The highest BCUT2D eigenvalue weighted by Crippen LogP contribution is 2.16. The number of hydrogen-bond acceptors (Lipinski definition) is 2. The molecule has 0 saturated carbocycles. The van der Waals surface area contributed by atoms with E-state index in [0.717, 1.165) is 19.3 Å². The zero-order valence-electron chi connectivity index (χ0n) is 17.6. The lowest BCUT2D eigenvalue weighted by molar-refractivity contribution is 0.491. The number of rotatable bonds is 21. The molecule has 1 unspecified atom stereocenters. The third-order valence-electron chi connectivity index (χ3n) is 5.43. The second-order valence-electron chi connectivity index (χ2n) is 7.99. The van der Waals surface area contributed by atoms with Gasteiger partial charge in [-0.3, -0.25) is 0 Å². The summed E-state index contributed by atoms with van der Waals surface area (Å²) in [4.78, 5) is 10.8. The Morgan fingerprint density at radius 1 is 0.480 bits per heavy atom. The van der Waals surface area contributed by atoms with E-state index in [-0.39, 0.29) is 6.04 Å². The van der Waals surface area contributed by atoms with Crippen LogP contribution < -0.4 is 0 Å². The molecule has 0 aromatic heterocycles. The summed E-state index contributed by atoms with van der Waals surface area (Å²) in [6.07, 6.45) is 26.7. The van der Waals surface area contributed by atoms with Gasteiger partial charge in [0, 0.05) is 0 Å². The lowest BCUT2D eigenvalue weighted by atomic mass is 10.0. The van der Waals surface area contributed by atoms with Crippen molar-refractivity contribution in [2.24, 2.45) is 5.18 Å². The lowest BCUT2D eigenvalue weighted by Crippen LogP contribution is -2.03. The van der Waals surface area contributed by atoms with Crippen LogP contribution >= 0.6 is 0 Å². The summed E-state index contributed by atoms with van der Waals surface area (Å²) in [6.45, 7) is 4.46. The van der Waals surface area contributed by atoms with Crippen LogP contribution in [0.15, 0.2) is 5.18 Å². The van der Waals surface area contributed by atoms with Crippen molar-refractivity contribution in [2.75, 3.05) is 0 Å². The van der Waals surface area contributed by atoms with Gasteiger partial charge in [0.2, 0.25) is 0 Å². The second-order valence-corrected chi connectivity index (χ2v) is 7.99. The van der Waals surface area contributed by atoms with Crippen LogP contribution in [0.1, 0.15) is 142 Å². The molecule has 0 amide bonds. The first-order chi connectivity index (χ1) is 12.3. The molecule has 0 rings (SSSR count). The molecule has 0 aliphatic carbocycles. The topological polar surface area (TPSA) is 29.4 Å². The van der Waals surface area contributed by atoms with Gasteiger partial charge in [-0.25, -0.2) is 0 Å². The van der Waals surface area contributed by atoms with Gasteiger partial charge in [0.05, 0.1) is 6.04 Å². The summed E-state index contributed by atoms with van der Waals surface area (Å²) in [5, 5.41) is 3.28. The fourth-order valence-electron chi connectivity index (χ4n) is 3.62. The van der Waals surface area contributed by atoms with E-state index in [1.807, 2.05) is 0 Å². The molecule has 0 radical (unpaired) electrons. The summed E-state index contributed by atoms with van der Waals surface area (Å²) in [5.74, 6) is 0. The van der Waals surface area contributed by atoms with Gasteiger partial charge in [-0.15, -0.1) is 0 Å². The molecule has 0 spiro atoms. The van der Waals surface area contributed by atoms with E-state index in [1.165, 1.54) is 109 Å². The van der Waals surface area contributed by atoms with Gasteiger partial charge in [0.25, 0.3) is 0 Å². The Bertz CT molecular complexity index is 254. The minimum Gasteiger partial charge on any atom is -0.151 e. The minimum atomic E-state index is 0.0894. The van der Waals surface area contributed by atoms with Gasteiger partial charge >= 0.3 is 0 Å². The van der Waals surface area contributed by atoms with Crippen molar-refractivity contribution in [1.82, 2.24) is 0 Å². The first kappa shape index (κ1) is 24.6. The first-order valence-electron chi connectivity index (χ1n) is 11.7. The van der Waals surface area contributed by atoms with E-state index >= 15 is 0 Å². The molecule has 0 fully saturated rings. The van der Waals surface area contributed by atoms with Crippen LogP contribution in [0, 0.1) is 4.91 Å². The van der Waals surface area contributed by atoms with Crippen LogP contribution in [0.4, 0.5) is 0 Å². The Balaban J connectivity index is 3.12. The monoisotopic (exact) mass is 353 g/mol. The normalized spacial score (nSPS) is 12.4. The molecule has 0 bridgehead atoms. The molecular formula is C23H47NO. The molecule has 0 aromatic rings. The van der Waals surface area contributed by atoms with Crippen molar-refractivity contribution >= 4 is 0 Å². The third-order valence-corrected chi connectivity index (χ3v) is 5.43.